The van der Waals surface area contributed by atoms with E-state index in [9.17, 15) is 9.59 Å². The molecule has 0 aliphatic carbocycles. The van der Waals surface area contributed by atoms with Gasteiger partial charge in [0.05, 0.1) is 25.6 Å². The predicted molar refractivity (Wildman–Crippen MR) is 78.8 cm³/mol. The van der Waals surface area contributed by atoms with E-state index < -0.39 is 11.9 Å². The zero-order valence-electron chi connectivity index (χ0n) is 12.1. The molecule has 0 atom stereocenters. The van der Waals surface area contributed by atoms with Crippen molar-refractivity contribution in [2.24, 2.45) is 0 Å². The topological polar surface area (TPSA) is 90.4 Å². The molecular weight excluding hydrogens is 294 g/mol. The first-order valence-electron chi connectivity index (χ1n) is 6.29. The molecule has 0 aromatic carbocycles. The van der Waals surface area contributed by atoms with Gasteiger partial charge in [0.2, 0.25) is 0 Å². The van der Waals surface area contributed by atoms with Crippen molar-refractivity contribution in [1.82, 2.24) is 9.97 Å². The number of anilines is 1. The Morgan fingerprint density at radius 1 is 1.19 bits per heavy atom. The van der Waals surface area contributed by atoms with Crippen LogP contribution in [0.3, 0.4) is 0 Å². The lowest BCUT2D eigenvalue weighted by atomic mass is 10.3. The van der Waals surface area contributed by atoms with E-state index in [1.165, 1.54) is 24.2 Å². The van der Waals surface area contributed by atoms with E-state index in [0.717, 1.165) is 5.03 Å². The molecule has 0 fully saturated rings. The van der Waals surface area contributed by atoms with Crippen LogP contribution in [0.15, 0.2) is 29.2 Å². The maximum Gasteiger partial charge on any atom is 0.347 e. The summed E-state index contributed by atoms with van der Waals surface area (Å²) in [6, 6.07) is 0. The second-order valence-corrected chi connectivity index (χ2v) is 4.41. The quantitative estimate of drug-likeness (QED) is 0.267. The van der Waals surface area contributed by atoms with Crippen LogP contribution in [0.5, 0.6) is 0 Å². The summed E-state index contributed by atoms with van der Waals surface area (Å²) in [7, 11) is 0. The molecule has 1 aromatic rings. The molecule has 21 heavy (non-hydrogen) atoms. The molecule has 0 amide bonds. The van der Waals surface area contributed by atoms with Crippen LogP contribution in [0.4, 0.5) is 5.82 Å². The number of carbonyl (C=O) groups excluding carboxylic acids is 2. The summed E-state index contributed by atoms with van der Waals surface area (Å²) in [6.45, 7) is 3.64. The number of aromatic nitrogens is 2. The molecule has 0 bridgehead atoms. The van der Waals surface area contributed by atoms with Crippen LogP contribution in [-0.4, -0.2) is 41.4 Å². The molecule has 1 aromatic heterocycles. The maximum atomic E-state index is 11.7. The predicted octanol–water partition coefficient (Wildman–Crippen LogP) is 1.62. The third kappa shape index (κ3) is 5.42. The van der Waals surface area contributed by atoms with Crippen molar-refractivity contribution < 1.29 is 19.1 Å². The lowest BCUT2D eigenvalue weighted by Crippen LogP contribution is -2.19. The average Bonchev–Trinajstić information content (AvgIpc) is 2.48. The minimum atomic E-state index is -0.753. The molecule has 0 saturated carbocycles. The number of carbonyl (C=O) groups is 2. The van der Waals surface area contributed by atoms with Gasteiger partial charge in [0.15, 0.2) is 5.57 Å². The summed E-state index contributed by atoms with van der Waals surface area (Å²) in [6.07, 6.45) is 6.17. The Morgan fingerprint density at radius 3 is 2.24 bits per heavy atom. The monoisotopic (exact) mass is 311 g/mol. The van der Waals surface area contributed by atoms with Crippen molar-refractivity contribution in [3.8, 4) is 0 Å². The molecule has 114 valence electrons. The molecule has 0 unspecified atom stereocenters. The van der Waals surface area contributed by atoms with E-state index in [1.54, 1.807) is 20.0 Å². The van der Waals surface area contributed by atoms with Crippen molar-refractivity contribution in [3.63, 3.8) is 0 Å². The Kier molecular flexibility index (Phi) is 7.24. The smallest absolute Gasteiger partial charge is 0.347 e. The molecule has 7 nitrogen and oxygen atoms in total. The highest BCUT2D eigenvalue weighted by Crippen LogP contribution is 2.11. The van der Waals surface area contributed by atoms with Crippen LogP contribution < -0.4 is 5.32 Å². The third-order valence-electron chi connectivity index (χ3n) is 2.19. The second-order valence-electron chi connectivity index (χ2n) is 3.59. The van der Waals surface area contributed by atoms with Crippen molar-refractivity contribution in [1.29, 1.82) is 0 Å². The maximum absolute atomic E-state index is 11.7. The second kappa shape index (κ2) is 8.96. The van der Waals surface area contributed by atoms with Gasteiger partial charge in [-0.25, -0.2) is 19.6 Å². The largest absolute Gasteiger partial charge is 0.462 e. The summed E-state index contributed by atoms with van der Waals surface area (Å²) in [5, 5.41) is 3.49. The molecule has 1 rings (SSSR count). The van der Waals surface area contributed by atoms with Crippen molar-refractivity contribution in [3.05, 3.63) is 24.2 Å². The summed E-state index contributed by atoms with van der Waals surface area (Å²) in [4.78, 5) is 31.6. The number of nitrogens with one attached hydrogen (secondary N) is 1. The van der Waals surface area contributed by atoms with Gasteiger partial charge in [0.25, 0.3) is 0 Å². The number of ether oxygens (including phenoxy) is 2. The summed E-state index contributed by atoms with van der Waals surface area (Å²) in [5.41, 5.74) is -0.227. The average molecular weight is 311 g/mol. The van der Waals surface area contributed by atoms with Gasteiger partial charge in [-0.3, -0.25) is 0 Å². The van der Waals surface area contributed by atoms with Crippen LogP contribution in [0.1, 0.15) is 13.8 Å². The standard InChI is InChI=1S/C13H17N3O4S/c1-4-19-12(17)9(13(18)20-5-2)6-14-10-7-16-11(21-3)8-15-10/h6-8H,4-5H2,1-3H3,(H,14,15). The van der Waals surface area contributed by atoms with Gasteiger partial charge < -0.3 is 14.8 Å². The molecule has 0 aliphatic heterocycles. The van der Waals surface area contributed by atoms with Gasteiger partial charge in [-0.1, -0.05) is 0 Å². The van der Waals surface area contributed by atoms with Crippen molar-refractivity contribution in [2.75, 3.05) is 24.8 Å². The molecular formula is C13H17N3O4S. The summed E-state index contributed by atoms with van der Waals surface area (Å²) in [5.74, 6) is -1.10. The fourth-order valence-electron chi connectivity index (χ4n) is 1.26. The lowest BCUT2D eigenvalue weighted by Gasteiger charge is -2.07. The van der Waals surface area contributed by atoms with Crippen LogP contribution >= 0.6 is 11.8 Å². The molecule has 1 N–H and O–H groups in total. The van der Waals surface area contributed by atoms with Crippen LogP contribution in [0.2, 0.25) is 0 Å². The van der Waals surface area contributed by atoms with Crippen molar-refractivity contribution >= 4 is 29.5 Å². The van der Waals surface area contributed by atoms with E-state index in [1.807, 2.05) is 6.26 Å². The van der Waals surface area contributed by atoms with Gasteiger partial charge in [-0.15, -0.1) is 11.8 Å². The minimum absolute atomic E-state index is 0.164. The Labute approximate surface area is 127 Å². The molecule has 0 aliphatic rings. The van der Waals surface area contributed by atoms with Crippen LogP contribution in [0.25, 0.3) is 0 Å². The first-order chi connectivity index (χ1) is 10.1. The van der Waals surface area contributed by atoms with Gasteiger partial charge in [0.1, 0.15) is 10.8 Å². The number of nitrogens with zero attached hydrogens (tertiary/aromatic N) is 2. The molecule has 0 radical (unpaired) electrons. The fourth-order valence-corrected chi connectivity index (χ4v) is 1.58. The minimum Gasteiger partial charge on any atom is -0.462 e. The fraction of sp³-hybridized carbons (Fsp3) is 0.385. The van der Waals surface area contributed by atoms with Crippen LogP contribution in [0, 0.1) is 0 Å². The number of hydrogen-bond acceptors (Lipinski definition) is 8. The first kappa shape index (κ1) is 17.0. The zero-order chi connectivity index (χ0) is 15.7. The Bertz CT molecular complexity index is 497. The first-order valence-corrected chi connectivity index (χ1v) is 7.51. The van der Waals surface area contributed by atoms with Crippen molar-refractivity contribution in [2.45, 2.75) is 18.9 Å². The van der Waals surface area contributed by atoms with Gasteiger partial charge >= 0.3 is 11.9 Å². The number of esters is 2. The highest BCUT2D eigenvalue weighted by molar-refractivity contribution is 7.98. The normalized spacial score (nSPS) is 9.67. The van der Waals surface area contributed by atoms with Gasteiger partial charge in [-0.05, 0) is 20.1 Å². The van der Waals surface area contributed by atoms with E-state index in [4.69, 9.17) is 9.47 Å². The Morgan fingerprint density at radius 2 is 1.81 bits per heavy atom. The lowest BCUT2D eigenvalue weighted by molar-refractivity contribution is -0.146. The van der Waals surface area contributed by atoms with E-state index in [0.29, 0.717) is 5.82 Å². The number of rotatable bonds is 7. The third-order valence-corrected chi connectivity index (χ3v) is 2.82. The molecule has 1 heterocycles. The van der Waals surface area contributed by atoms with Gasteiger partial charge in [0, 0.05) is 6.20 Å². The zero-order valence-corrected chi connectivity index (χ0v) is 12.9. The van der Waals surface area contributed by atoms with E-state index >= 15 is 0 Å². The highest BCUT2D eigenvalue weighted by Gasteiger charge is 2.20. The summed E-state index contributed by atoms with van der Waals surface area (Å²) >= 11 is 1.46. The summed E-state index contributed by atoms with van der Waals surface area (Å²) < 4.78 is 9.62. The van der Waals surface area contributed by atoms with E-state index in [2.05, 4.69) is 15.3 Å². The number of hydrogen-bond donors (Lipinski definition) is 1. The highest BCUT2D eigenvalue weighted by atomic mass is 32.2. The molecule has 8 heteroatoms. The van der Waals surface area contributed by atoms with Gasteiger partial charge in [-0.2, -0.15) is 0 Å². The van der Waals surface area contributed by atoms with Crippen LogP contribution in [-0.2, 0) is 19.1 Å². The Hall–Kier alpha value is -2.09. The molecule has 0 spiro atoms. The SMILES string of the molecule is CCOC(=O)C(=CNc1cnc(SC)cn1)C(=O)OCC. The Balaban J connectivity index is 2.85. The van der Waals surface area contributed by atoms with E-state index in [-0.39, 0.29) is 18.8 Å². The molecule has 0 saturated heterocycles. The number of thioether (sulfide) groups is 1.